The largest absolute Gasteiger partial charge is 0.387 e. The number of nitrogens with one attached hydrogen (secondary N) is 1. The third-order valence-electron chi connectivity index (χ3n) is 4.47. The lowest BCUT2D eigenvalue weighted by Crippen LogP contribution is -2.50. The molecular weight excluding hydrogens is 314 g/mol. The van der Waals surface area contributed by atoms with E-state index < -0.39 is 6.10 Å². The summed E-state index contributed by atoms with van der Waals surface area (Å²) >= 11 is 6.13. The molecule has 2 aliphatic rings. The van der Waals surface area contributed by atoms with Gasteiger partial charge in [0.25, 0.3) is 0 Å². The minimum atomic E-state index is -0.576. The van der Waals surface area contributed by atoms with E-state index in [4.69, 9.17) is 11.6 Å². The lowest BCUT2D eigenvalue weighted by Gasteiger charge is -2.35. The molecule has 1 saturated carbocycles. The Hall–Kier alpha value is -1.14. The van der Waals surface area contributed by atoms with Crippen molar-refractivity contribution in [2.45, 2.75) is 25.0 Å². The molecule has 1 aliphatic heterocycles. The summed E-state index contributed by atoms with van der Waals surface area (Å²) in [5, 5.41) is 14.0. The van der Waals surface area contributed by atoms with Gasteiger partial charge in [-0.1, -0.05) is 29.8 Å². The highest BCUT2D eigenvalue weighted by Gasteiger charge is 2.26. The lowest BCUT2D eigenvalue weighted by atomic mass is 10.1. The number of hydrogen-bond donors (Lipinski definition) is 2. The van der Waals surface area contributed by atoms with Gasteiger partial charge in [0, 0.05) is 49.4 Å². The predicted molar refractivity (Wildman–Crippen MR) is 90.5 cm³/mol. The summed E-state index contributed by atoms with van der Waals surface area (Å²) in [6, 6.07) is 7.85. The molecule has 0 radical (unpaired) electrons. The van der Waals surface area contributed by atoms with Crippen LogP contribution in [0.2, 0.25) is 5.02 Å². The molecule has 2 N–H and O–H groups in total. The van der Waals surface area contributed by atoms with Crippen molar-refractivity contribution >= 4 is 17.5 Å². The molecule has 1 aromatic carbocycles. The summed E-state index contributed by atoms with van der Waals surface area (Å²) in [5.41, 5.74) is 0.778. The van der Waals surface area contributed by atoms with Crippen molar-refractivity contribution in [3.63, 3.8) is 0 Å². The number of nitrogens with zero attached hydrogens (tertiary/aromatic N) is 2. The van der Waals surface area contributed by atoms with E-state index in [2.05, 4.69) is 15.1 Å². The van der Waals surface area contributed by atoms with E-state index >= 15 is 0 Å². The Morgan fingerprint density at radius 3 is 2.52 bits per heavy atom. The fourth-order valence-corrected chi connectivity index (χ4v) is 3.18. The van der Waals surface area contributed by atoms with E-state index in [0.29, 0.717) is 24.2 Å². The van der Waals surface area contributed by atoms with Crippen LogP contribution in [-0.2, 0) is 4.79 Å². The predicted octanol–water partition coefficient (Wildman–Crippen LogP) is 1.27. The van der Waals surface area contributed by atoms with Crippen LogP contribution in [0.5, 0.6) is 0 Å². The van der Waals surface area contributed by atoms with Crippen LogP contribution in [0, 0.1) is 0 Å². The number of β-amino-alcohol motifs (C(OH)–C–C–N with tert-alkyl or cyclic N) is 1. The van der Waals surface area contributed by atoms with Gasteiger partial charge in [0.05, 0.1) is 12.6 Å². The summed E-state index contributed by atoms with van der Waals surface area (Å²) in [7, 11) is 0. The second-order valence-electron chi connectivity index (χ2n) is 6.46. The van der Waals surface area contributed by atoms with E-state index in [-0.39, 0.29) is 5.91 Å². The number of halogens is 1. The molecule has 126 valence electrons. The van der Waals surface area contributed by atoms with Crippen LogP contribution in [0.3, 0.4) is 0 Å². The zero-order chi connectivity index (χ0) is 16.2. The lowest BCUT2D eigenvalue weighted by molar-refractivity contribution is -0.122. The molecule has 1 atom stereocenters. The Bertz CT molecular complexity index is 542. The van der Waals surface area contributed by atoms with Crippen LogP contribution in [0.15, 0.2) is 24.3 Å². The molecule has 3 rings (SSSR count). The summed E-state index contributed by atoms with van der Waals surface area (Å²) in [4.78, 5) is 16.2. The van der Waals surface area contributed by atoms with Gasteiger partial charge in [-0.05, 0) is 18.9 Å². The molecule has 1 aliphatic carbocycles. The summed E-state index contributed by atoms with van der Waals surface area (Å²) in [6.45, 7) is 4.49. The zero-order valence-electron chi connectivity index (χ0n) is 13.2. The first-order chi connectivity index (χ1) is 11.1. The van der Waals surface area contributed by atoms with Gasteiger partial charge < -0.3 is 10.4 Å². The Balaban J connectivity index is 1.42. The van der Waals surface area contributed by atoms with Gasteiger partial charge in [-0.2, -0.15) is 0 Å². The average molecular weight is 338 g/mol. The van der Waals surface area contributed by atoms with E-state index in [1.165, 1.54) is 0 Å². The van der Waals surface area contributed by atoms with E-state index in [1.807, 2.05) is 18.2 Å². The average Bonchev–Trinajstić information content (AvgIpc) is 3.33. The van der Waals surface area contributed by atoms with Crippen LogP contribution in [0.25, 0.3) is 0 Å². The van der Waals surface area contributed by atoms with Crippen molar-refractivity contribution in [1.29, 1.82) is 0 Å². The minimum Gasteiger partial charge on any atom is -0.387 e. The maximum absolute atomic E-state index is 11.8. The van der Waals surface area contributed by atoms with E-state index in [0.717, 1.165) is 44.6 Å². The van der Waals surface area contributed by atoms with Crippen LogP contribution in [0.1, 0.15) is 24.5 Å². The molecule has 1 saturated heterocycles. The van der Waals surface area contributed by atoms with Crippen molar-refractivity contribution in [2.24, 2.45) is 0 Å². The highest BCUT2D eigenvalue weighted by molar-refractivity contribution is 6.31. The van der Waals surface area contributed by atoms with Gasteiger partial charge in [0.1, 0.15) is 0 Å². The summed E-state index contributed by atoms with van der Waals surface area (Å²) < 4.78 is 0. The second-order valence-corrected chi connectivity index (χ2v) is 6.86. The van der Waals surface area contributed by atoms with Gasteiger partial charge in [-0.3, -0.25) is 14.6 Å². The molecule has 23 heavy (non-hydrogen) atoms. The number of rotatable bonds is 6. The molecule has 0 aromatic heterocycles. The molecule has 0 spiro atoms. The highest BCUT2D eigenvalue weighted by Crippen LogP contribution is 2.23. The quantitative estimate of drug-likeness (QED) is 0.821. The van der Waals surface area contributed by atoms with E-state index in [1.54, 1.807) is 6.07 Å². The topological polar surface area (TPSA) is 55.8 Å². The van der Waals surface area contributed by atoms with Crippen molar-refractivity contribution in [2.75, 3.05) is 39.3 Å². The first kappa shape index (κ1) is 16.7. The van der Waals surface area contributed by atoms with Crippen molar-refractivity contribution in [1.82, 2.24) is 15.1 Å². The van der Waals surface area contributed by atoms with Crippen molar-refractivity contribution in [3.8, 4) is 0 Å². The first-order valence-corrected chi connectivity index (χ1v) is 8.66. The van der Waals surface area contributed by atoms with Gasteiger partial charge in [-0.15, -0.1) is 0 Å². The van der Waals surface area contributed by atoms with Crippen LogP contribution in [-0.4, -0.2) is 66.1 Å². The van der Waals surface area contributed by atoms with Gasteiger partial charge >= 0.3 is 0 Å². The fraction of sp³-hybridized carbons (Fsp3) is 0.588. The highest BCUT2D eigenvalue weighted by atomic mass is 35.5. The van der Waals surface area contributed by atoms with Gasteiger partial charge in [-0.25, -0.2) is 0 Å². The smallest absolute Gasteiger partial charge is 0.234 e. The SMILES string of the molecule is O=C(CN1CCN(C[C@@H](O)c2ccccc2Cl)CC1)NC1CC1. The Labute approximate surface area is 142 Å². The monoisotopic (exact) mass is 337 g/mol. The third kappa shape index (κ3) is 4.91. The minimum absolute atomic E-state index is 0.136. The van der Waals surface area contributed by atoms with Gasteiger partial charge in [0.2, 0.25) is 5.91 Å². The van der Waals surface area contributed by atoms with Crippen molar-refractivity contribution in [3.05, 3.63) is 34.9 Å². The Kier molecular flexibility index (Phi) is 5.54. The van der Waals surface area contributed by atoms with Gasteiger partial charge in [0.15, 0.2) is 0 Å². The standard InChI is InChI=1S/C17H24ClN3O2/c18-15-4-2-1-3-14(15)16(22)11-20-7-9-21(10-8-20)12-17(23)19-13-5-6-13/h1-4,13,16,22H,5-12H2,(H,19,23)/t16-/m1/s1. The number of amides is 1. The molecule has 1 heterocycles. The molecule has 6 heteroatoms. The number of carbonyl (C=O) groups excluding carboxylic acids is 1. The van der Waals surface area contributed by atoms with Crippen LogP contribution >= 0.6 is 11.6 Å². The van der Waals surface area contributed by atoms with Crippen molar-refractivity contribution < 1.29 is 9.90 Å². The second kappa shape index (κ2) is 7.62. The molecule has 0 bridgehead atoms. The molecule has 1 amide bonds. The fourth-order valence-electron chi connectivity index (χ4n) is 2.92. The number of hydrogen-bond acceptors (Lipinski definition) is 4. The first-order valence-electron chi connectivity index (χ1n) is 8.28. The molecular formula is C17H24ClN3O2. The number of benzene rings is 1. The summed E-state index contributed by atoms with van der Waals surface area (Å²) in [5.74, 6) is 0.136. The molecule has 0 unspecified atom stereocenters. The molecule has 5 nitrogen and oxygen atoms in total. The van der Waals surface area contributed by atoms with Crippen LogP contribution in [0.4, 0.5) is 0 Å². The number of aliphatic hydroxyl groups excluding tert-OH is 1. The number of aliphatic hydroxyl groups is 1. The zero-order valence-corrected chi connectivity index (χ0v) is 14.0. The Morgan fingerprint density at radius 1 is 1.22 bits per heavy atom. The normalized spacial score (nSPS) is 21.1. The summed E-state index contributed by atoms with van der Waals surface area (Å²) in [6.07, 6.45) is 1.67. The van der Waals surface area contributed by atoms with E-state index in [9.17, 15) is 9.90 Å². The maximum atomic E-state index is 11.8. The number of carbonyl (C=O) groups is 1. The Morgan fingerprint density at radius 2 is 1.87 bits per heavy atom. The third-order valence-corrected chi connectivity index (χ3v) is 4.81. The van der Waals surface area contributed by atoms with Crippen LogP contribution < -0.4 is 5.32 Å². The molecule has 1 aromatic rings. The number of piperazine rings is 1. The molecule has 2 fully saturated rings. The maximum Gasteiger partial charge on any atom is 0.234 e.